The van der Waals surface area contributed by atoms with Crippen molar-refractivity contribution in [3.63, 3.8) is 0 Å². The summed E-state index contributed by atoms with van der Waals surface area (Å²) in [4.78, 5) is 11.5. The molecule has 1 aromatic rings. The molecule has 1 aliphatic carbocycles. The summed E-state index contributed by atoms with van der Waals surface area (Å²) in [5.74, 6) is -0.752. The maximum Gasteiger partial charge on any atom is 0.340 e. The fourth-order valence-electron chi connectivity index (χ4n) is 2.88. The van der Waals surface area contributed by atoms with Crippen molar-refractivity contribution in [3.05, 3.63) is 28.8 Å². The lowest BCUT2D eigenvalue weighted by Gasteiger charge is -2.23. The van der Waals surface area contributed by atoms with E-state index < -0.39 is 5.97 Å². The molecule has 0 spiro atoms. The number of nitrogens with one attached hydrogen (secondary N) is 2. The molecule has 2 rings (SSSR count). The maximum absolute atomic E-state index is 11.5. The fraction of sp³-hybridized carbons (Fsp3) is 0.471. The van der Waals surface area contributed by atoms with Gasteiger partial charge in [-0.05, 0) is 43.6 Å². The monoisotopic (exact) mass is 349 g/mol. The van der Waals surface area contributed by atoms with Gasteiger partial charge in [-0.1, -0.05) is 25.3 Å². The zero-order chi connectivity index (χ0) is 17.5. The van der Waals surface area contributed by atoms with E-state index in [1.54, 1.807) is 12.1 Å². The van der Waals surface area contributed by atoms with Crippen LogP contribution in [0.3, 0.4) is 0 Å². The molecule has 0 aromatic heterocycles. The lowest BCUT2D eigenvalue weighted by Crippen LogP contribution is -2.40. The molecule has 0 saturated heterocycles. The molecular formula is C17H23N3O3S. The van der Waals surface area contributed by atoms with Crippen LogP contribution in [0.2, 0.25) is 0 Å². The topological polar surface area (TPSA) is 83.0 Å². The first kappa shape index (κ1) is 18.2. The van der Waals surface area contributed by atoms with E-state index in [0.29, 0.717) is 22.5 Å². The van der Waals surface area contributed by atoms with Crippen LogP contribution in [0.1, 0.15) is 53.6 Å². The van der Waals surface area contributed by atoms with Crippen molar-refractivity contribution in [2.45, 2.75) is 45.1 Å². The van der Waals surface area contributed by atoms with Gasteiger partial charge >= 0.3 is 5.97 Å². The zero-order valence-corrected chi connectivity index (χ0v) is 14.8. The summed E-state index contributed by atoms with van der Waals surface area (Å²) in [6.45, 7) is 1.83. The molecule has 1 aromatic carbocycles. The summed E-state index contributed by atoms with van der Waals surface area (Å²) in [6, 6.07) is 3.83. The number of hydrazone groups is 1. The number of benzene rings is 1. The second-order valence-corrected chi connectivity index (χ2v) is 6.27. The van der Waals surface area contributed by atoms with Crippen LogP contribution in [0.5, 0.6) is 5.75 Å². The number of thiocarbonyl (C=S) groups is 1. The van der Waals surface area contributed by atoms with Gasteiger partial charge in [0.25, 0.3) is 0 Å². The molecule has 0 atom stereocenters. The number of aromatic carboxylic acids is 1. The Hall–Kier alpha value is -2.15. The Bertz CT molecular complexity index is 640. The van der Waals surface area contributed by atoms with Crippen molar-refractivity contribution >= 4 is 29.5 Å². The Morgan fingerprint density at radius 1 is 1.38 bits per heavy atom. The normalized spacial score (nSPS) is 15.2. The van der Waals surface area contributed by atoms with E-state index in [4.69, 9.17) is 17.0 Å². The number of nitrogens with zero attached hydrogens (tertiary/aromatic N) is 1. The highest BCUT2D eigenvalue weighted by molar-refractivity contribution is 7.80. The lowest BCUT2D eigenvalue weighted by atomic mass is 9.96. The number of carboxylic acid groups (broad SMARTS) is 1. The van der Waals surface area contributed by atoms with Crippen LogP contribution in [-0.4, -0.2) is 35.6 Å². The number of methoxy groups -OCH3 is 1. The number of rotatable bonds is 5. The highest BCUT2D eigenvalue weighted by atomic mass is 32.1. The highest BCUT2D eigenvalue weighted by Crippen LogP contribution is 2.24. The minimum Gasteiger partial charge on any atom is -0.496 e. The van der Waals surface area contributed by atoms with Crippen molar-refractivity contribution in [1.29, 1.82) is 0 Å². The summed E-state index contributed by atoms with van der Waals surface area (Å²) < 4.78 is 5.13. The van der Waals surface area contributed by atoms with Gasteiger partial charge in [0.15, 0.2) is 5.11 Å². The third kappa shape index (κ3) is 4.67. The Balaban J connectivity index is 2.05. The van der Waals surface area contributed by atoms with E-state index in [1.165, 1.54) is 32.6 Å². The van der Waals surface area contributed by atoms with Gasteiger partial charge in [-0.25, -0.2) is 4.79 Å². The molecule has 0 aliphatic heterocycles. The fourth-order valence-corrected chi connectivity index (χ4v) is 3.10. The molecule has 130 valence electrons. The van der Waals surface area contributed by atoms with Crippen LogP contribution >= 0.6 is 12.2 Å². The summed E-state index contributed by atoms with van der Waals surface area (Å²) in [5.41, 5.74) is 4.15. The first-order chi connectivity index (χ1) is 11.5. The molecule has 1 saturated carbocycles. The second kappa shape index (κ2) is 8.63. The molecule has 7 heteroatoms. The Kier molecular flexibility index (Phi) is 6.54. The highest BCUT2D eigenvalue weighted by Gasteiger charge is 2.17. The lowest BCUT2D eigenvalue weighted by molar-refractivity contribution is 0.0693. The van der Waals surface area contributed by atoms with Gasteiger partial charge in [-0.15, -0.1) is 0 Å². The molecule has 1 aliphatic rings. The molecule has 6 nitrogen and oxygen atoms in total. The molecule has 1 fully saturated rings. The Morgan fingerprint density at radius 3 is 2.71 bits per heavy atom. The number of hydrogen-bond acceptors (Lipinski definition) is 4. The maximum atomic E-state index is 11.5. The van der Waals surface area contributed by atoms with Crippen molar-refractivity contribution in [3.8, 4) is 5.75 Å². The van der Waals surface area contributed by atoms with E-state index in [-0.39, 0.29) is 5.56 Å². The third-order valence-electron chi connectivity index (χ3n) is 4.16. The van der Waals surface area contributed by atoms with Crippen LogP contribution < -0.4 is 15.5 Å². The molecule has 0 bridgehead atoms. The summed E-state index contributed by atoms with van der Waals surface area (Å²) in [7, 11) is 1.44. The first-order valence-electron chi connectivity index (χ1n) is 8.03. The van der Waals surface area contributed by atoms with E-state index in [0.717, 1.165) is 18.4 Å². The zero-order valence-electron chi connectivity index (χ0n) is 14.0. The molecule has 0 heterocycles. The molecule has 3 N–H and O–H groups in total. The number of carbonyl (C=O) groups is 1. The van der Waals surface area contributed by atoms with Crippen LogP contribution in [0.15, 0.2) is 17.2 Å². The van der Waals surface area contributed by atoms with Crippen LogP contribution in [0.25, 0.3) is 0 Å². The quantitative estimate of drug-likeness (QED) is 0.431. The standard InChI is InChI=1S/C17H23N3O3S/c1-11-8-9-14(23-2)15(16(21)22)13(11)10-18-20-17(24)19-12-6-4-3-5-7-12/h8-10,12H,3-7H2,1-2H3,(H,21,22)(H2,19,20,24)/b18-10+. The summed E-state index contributed by atoms with van der Waals surface area (Å²) in [6.07, 6.45) is 7.41. The smallest absolute Gasteiger partial charge is 0.340 e. The summed E-state index contributed by atoms with van der Waals surface area (Å²) >= 11 is 5.24. The molecule has 0 unspecified atom stereocenters. The molecule has 0 amide bonds. The summed E-state index contributed by atoms with van der Waals surface area (Å²) in [5, 5.41) is 17.2. The van der Waals surface area contributed by atoms with Crippen molar-refractivity contribution in [1.82, 2.24) is 10.7 Å². The van der Waals surface area contributed by atoms with E-state index >= 15 is 0 Å². The Morgan fingerprint density at radius 2 is 2.08 bits per heavy atom. The third-order valence-corrected chi connectivity index (χ3v) is 4.37. The minimum atomic E-state index is -1.06. The molecule has 0 radical (unpaired) electrons. The van der Waals surface area contributed by atoms with Crippen molar-refractivity contribution in [2.24, 2.45) is 5.10 Å². The number of aryl methyl sites for hydroxylation is 1. The first-order valence-corrected chi connectivity index (χ1v) is 8.44. The van der Waals surface area contributed by atoms with E-state index in [2.05, 4.69) is 15.8 Å². The van der Waals surface area contributed by atoms with Gasteiger partial charge in [0, 0.05) is 11.6 Å². The van der Waals surface area contributed by atoms with Crippen molar-refractivity contribution < 1.29 is 14.6 Å². The predicted molar refractivity (Wildman–Crippen MR) is 98.0 cm³/mol. The number of carboxylic acids is 1. The van der Waals surface area contributed by atoms with E-state index in [9.17, 15) is 9.90 Å². The molecule has 24 heavy (non-hydrogen) atoms. The van der Waals surface area contributed by atoms with Crippen LogP contribution in [-0.2, 0) is 0 Å². The van der Waals surface area contributed by atoms with Gasteiger partial charge in [0.2, 0.25) is 0 Å². The largest absolute Gasteiger partial charge is 0.496 e. The average molecular weight is 349 g/mol. The SMILES string of the molecule is COc1ccc(C)c(/C=N/NC(=S)NC2CCCCC2)c1C(=O)O. The van der Waals surface area contributed by atoms with Gasteiger partial charge in [0.05, 0.1) is 13.3 Å². The average Bonchev–Trinajstić information content (AvgIpc) is 2.56. The van der Waals surface area contributed by atoms with E-state index in [1.807, 2.05) is 6.92 Å². The van der Waals surface area contributed by atoms with Crippen LogP contribution in [0.4, 0.5) is 0 Å². The van der Waals surface area contributed by atoms with Gasteiger partial charge in [-0.2, -0.15) is 5.10 Å². The predicted octanol–water partition coefficient (Wildman–Crippen LogP) is 2.83. The van der Waals surface area contributed by atoms with Gasteiger partial charge < -0.3 is 15.2 Å². The van der Waals surface area contributed by atoms with Gasteiger partial charge in [0.1, 0.15) is 11.3 Å². The van der Waals surface area contributed by atoms with Gasteiger partial charge in [-0.3, -0.25) is 5.43 Å². The minimum absolute atomic E-state index is 0.0919. The number of ether oxygens (including phenoxy) is 1. The Labute approximate surface area is 147 Å². The van der Waals surface area contributed by atoms with Crippen molar-refractivity contribution in [2.75, 3.05) is 7.11 Å². The second-order valence-electron chi connectivity index (χ2n) is 5.86. The number of hydrogen-bond donors (Lipinski definition) is 3. The van der Waals surface area contributed by atoms with Crippen LogP contribution in [0, 0.1) is 6.92 Å². The molecular weight excluding hydrogens is 326 g/mol.